The van der Waals surface area contributed by atoms with E-state index in [4.69, 9.17) is 21.1 Å². The molecule has 3 aliphatic carbocycles. The van der Waals surface area contributed by atoms with E-state index in [0.717, 1.165) is 73.2 Å². The molecule has 7 rings (SSSR count). The molecule has 6 atom stereocenters. The Morgan fingerprint density at radius 1 is 1.16 bits per heavy atom. The van der Waals surface area contributed by atoms with Crippen LogP contribution in [0.5, 0.6) is 5.75 Å². The fraction of sp³-hybridized carbons (Fsp3) is 0.528. The first-order valence-corrected chi connectivity index (χ1v) is 17.7. The smallest absolute Gasteiger partial charge is 0.335 e. The number of carboxylic acids is 1. The normalized spacial score (nSPS) is 28.3. The van der Waals surface area contributed by atoms with Crippen molar-refractivity contribution in [3.63, 3.8) is 0 Å². The Bertz CT molecular complexity index is 1530. The fourth-order valence-corrected chi connectivity index (χ4v) is 9.95. The molecule has 0 saturated heterocycles. The molecule has 0 bridgehead atoms. The van der Waals surface area contributed by atoms with Gasteiger partial charge in [-0.25, -0.2) is 14.8 Å². The zero-order valence-electron chi connectivity index (χ0n) is 25.9. The molecule has 0 amide bonds. The van der Waals surface area contributed by atoms with E-state index in [1.165, 1.54) is 30.4 Å². The fourth-order valence-electron chi connectivity index (χ4n) is 8.58. The molecule has 1 aliphatic heterocycles. The van der Waals surface area contributed by atoms with Gasteiger partial charge in [-0.3, -0.25) is 0 Å². The molecular formula is C36H42ClN3O4S. The van der Waals surface area contributed by atoms with Gasteiger partial charge in [0.15, 0.2) is 5.16 Å². The summed E-state index contributed by atoms with van der Waals surface area (Å²) in [5.41, 5.74) is 3.63. The summed E-state index contributed by atoms with van der Waals surface area (Å²) in [6, 6.07) is 13.5. The molecule has 1 N–H and O–H groups in total. The first-order chi connectivity index (χ1) is 21.9. The van der Waals surface area contributed by atoms with Gasteiger partial charge in [-0.05, 0) is 117 Å². The zero-order chi connectivity index (χ0) is 31.0. The summed E-state index contributed by atoms with van der Waals surface area (Å²) < 4.78 is 12.9. The maximum atomic E-state index is 12.1. The van der Waals surface area contributed by atoms with Crippen molar-refractivity contribution < 1.29 is 19.4 Å². The standard InChI is InChI=1S/C36H42ClN3O4S/c1-43-33(24-5-2-7-28(18-24)45-35-38-15-4-16-39-35)29-11-8-26(29)20-40-21-36(14-3-6-23-17-27(37)10-12-30(23)36)22-44-32-13-9-25(34(41)42)19-31(32)40/h4,9-10,12-13,15-17,19,24,26,28-29,33H,2-3,5-8,11,14,18,20-22H2,1H3,(H,41,42)/t24-,26-,28+,29+,33?,36?/m0/s1. The minimum atomic E-state index is -0.916. The molecule has 3 aromatic rings. The highest BCUT2D eigenvalue weighted by atomic mass is 35.5. The number of anilines is 1. The maximum absolute atomic E-state index is 12.1. The zero-order valence-corrected chi connectivity index (χ0v) is 27.4. The molecule has 9 heteroatoms. The van der Waals surface area contributed by atoms with Crippen molar-refractivity contribution in [1.82, 2.24) is 9.97 Å². The van der Waals surface area contributed by atoms with E-state index in [0.29, 0.717) is 35.2 Å². The van der Waals surface area contributed by atoms with E-state index in [2.05, 4.69) is 27.0 Å². The van der Waals surface area contributed by atoms with E-state index in [1.54, 1.807) is 6.07 Å². The number of aryl methyl sites for hydroxylation is 1. The van der Waals surface area contributed by atoms with Gasteiger partial charge in [0.1, 0.15) is 5.75 Å². The Morgan fingerprint density at radius 3 is 2.80 bits per heavy atom. The van der Waals surface area contributed by atoms with Gasteiger partial charge < -0.3 is 19.5 Å². The highest BCUT2D eigenvalue weighted by Gasteiger charge is 2.46. The van der Waals surface area contributed by atoms with E-state index < -0.39 is 5.97 Å². The third-order valence-corrected chi connectivity index (χ3v) is 12.3. The number of carboxylic acid groups (broad SMARTS) is 1. The molecule has 2 heterocycles. The molecule has 2 aromatic carbocycles. The van der Waals surface area contributed by atoms with E-state index in [1.807, 2.05) is 55.5 Å². The Balaban J connectivity index is 1.14. The van der Waals surface area contributed by atoms with Crippen molar-refractivity contribution in [3.8, 4) is 5.75 Å². The Kier molecular flexibility index (Phi) is 8.99. The summed E-state index contributed by atoms with van der Waals surface area (Å²) in [4.78, 5) is 23.4. The number of benzene rings is 2. The molecule has 1 aromatic heterocycles. The van der Waals surface area contributed by atoms with Crippen molar-refractivity contribution in [1.29, 1.82) is 0 Å². The minimum absolute atomic E-state index is 0.187. The minimum Gasteiger partial charge on any atom is -0.490 e. The van der Waals surface area contributed by atoms with Crippen molar-refractivity contribution in [2.75, 3.05) is 31.7 Å². The van der Waals surface area contributed by atoms with Gasteiger partial charge in [0.25, 0.3) is 0 Å². The van der Waals surface area contributed by atoms with E-state index in [9.17, 15) is 9.90 Å². The summed E-state index contributed by atoms with van der Waals surface area (Å²) in [6.07, 6.45) is 14.0. The number of halogens is 1. The first-order valence-electron chi connectivity index (χ1n) is 16.4. The summed E-state index contributed by atoms with van der Waals surface area (Å²) in [6.45, 7) is 2.22. The number of fused-ring (bicyclic) bond motifs is 3. The van der Waals surface area contributed by atoms with Gasteiger partial charge in [-0.2, -0.15) is 0 Å². The number of aromatic nitrogens is 2. The Labute approximate surface area is 275 Å². The first kappa shape index (κ1) is 30.8. The Hall–Kier alpha value is -2.81. The van der Waals surface area contributed by atoms with Crippen molar-refractivity contribution in [2.45, 2.75) is 79.7 Å². The number of nitrogens with zero attached hydrogens (tertiary/aromatic N) is 3. The number of rotatable bonds is 8. The largest absolute Gasteiger partial charge is 0.490 e. The van der Waals surface area contributed by atoms with Gasteiger partial charge in [-0.1, -0.05) is 35.9 Å². The molecular weight excluding hydrogens is 606 g/mol. The highest BCUT2D eigenvalue weighted by molar-refractivity contribution is 7.99. The lowest BCUT2D eigenvalue weighted by molar-refractivity contribution is -0.0587. The average Bonchev–Trinajstić information content (AvgIpc) is 3.19. The molecule has 238 valence electrons. The second-order valence-corrected chi connectivity index (χ2v) is 15.2. The highest BCUT2D eigenvalue weighted by Crippen LogP contribution is 2.49. The predicted molar refractivity (Wildman–Crippen MR) is 178 cm³/mol. The van der Waals surface area contributed by atoms with Gasteiger partial charge >= 0.3 is 5.97 Å². The molecule has 2 fully saturated rings. The monoisotopic (exact) mass is 647 g/mol. The third-order valence-electron chi connectivity index (χ3n) is 10.9. The molecule has 45 heavy (non-hydrogen) atoms. The van der Waals surface area contributed by atoms with Crippen molar-refractivity contribution >= 4 is 35.0 Å². The summed E-state index contributed by atoms with van der Waals surface area (Å²) in [7, 11) is 1.89. The summed E-state index contributed by atoms with van der Waals surface area (Å²) in [5.74, 6) is 1.30. The molecule has 4 aliphatic rings. The Morgan fingerprint density at radius 2 is 2.02 bits per heavy atom. The maximum Gasteiger partial charge on any atom is 0.335 e. The van der Waals surface area contributed by atoms with Crippen LogP contribution >= 0.6 is 23.4 Å². The van der Waals surface area contributed by atoms with Crippen LogP contribution in [0.1, 0.15) is 72.9 Å². The topological polar surface area (TPSA) is 84.8 Å². The molecule has 7 nitrogen and oxygen atoms in total. The van der Waals surface area contributed by atoms with Crippen LogP contribution in [0.4, 0.5) is 5.69 Å². The number of methoxy groups -OCH3 is 1. The van der Waals surface area contributed by atoms with Crippen LogP contribution in [0.25, 0.3) is 0 Å². The number of aromatic carboxylic acids is 1. The van der Waals surface area contributed by atoms with Crippen LogP contribution in [0.2, 0.25) is 5.02 Å². The second-order valence-electron chi connectivity index (χ2n) is 13.5. The van der Waals surface area contributed by atoms with Gasteiger partial charge in [-0.15, -0.1) is 0 Å². The molecule has 2 saturated carbocycles. The summed E-state index contributed by atoms with van der Waals surface area (Å²) >= 11 is 8.25. The van der Waals surface area contributed by atoms with Crippen LogP contribution in [-0.4, -0.2) is 59.2 Å². The van der Waals surface area contributed by atoms with Crippen LogP contribution < -0.4 is 9.64 Å². The van der Waals surface area contributed by atoms with Crippen LogP contribution in [-0.2, 0) is 16.6 Å². The molecule has 2 unspecified atom stereocenters. The van der Waals surface area contributed by atoms with Gasteiger partial charge in [0.2, 0.25) is 0 Å². The lowest BCUT2D eigenvalue weighted by Gasteiger charge is -2.48. The van der Waals surface area contributed by atoms with E-state index >= 15 is 0 Å². The lowest BCUT2D eigenvalue weighted by Crippen LogP contribution is -2.51. The van der Waals surface area contributed by atoms with Crippen molar-refractivity contribution in [3.05, 3.63) is 76.6 Å². The molecule has 1 spiro atoms. The number of hydrogen-bond donors (Lipinski definition) is 1. The lowest BCUT2D eigenvalue weighted by atomic mass is 9.65. The SMILES string of the molecule is COC([C@H]1CCC[C@@H](Sc2ncccn2)C1)[C@@H]1CC[C@H]1CN1CC2(CCCc3cc(Cl)ccc32)COc2ccc(C(=O)O)cc21. The van der Waals surface area contributed by atoms with Crippen LogP contribution in [0.15, 0.2) is 60.0 Å². The quantitative estimate of drug-likeness (QED) is 0.249. The summed E-state index contributed by atoms with van der Waals surface area (Å²) in [5, 5.41) is 12.0. The van der Waals surface area contributed by atoms with Crippen molar-refractivity contribution in [2.24, 2.45) is 17.8 Å². The number of thioether (sulfide) groups is 1. The van der Waals surface area contributed by atoms with E-state index in [-0.39, 0.29) is 11.5 Å². The predicted octanol–water partition coefficient (Wildman–Crippen LogP) is 7.69. The molecule has 0 radical (unpaired) electrons. The second kappa shape index (κ2) is 13.1. The number of ether oxygens (including phenoxy) is 2. The van der Waals surface area contributed by atoms with Crippen LogP contribution in [0, 0.1) is 17.8 Å². The average molecular weight is 648 g/mol. The van der Waals surface area contributed by atoms with Gasteiger partial charge in [0, 0.05) is 48.3 Å². The van der Waals surface area contributed by atoms with Crippen LogP contribution in [0.3, 0.4) is 0 Å². The van der Waals surface area contributed by atoms with Gasteiger partial charge in [0.05, 0.1) is 24.0 Å². The number of hydrogen-bond acceptors (Lipinski definition) is 7. The third kappa shape index (κ3) is 6.30. The number of carbonyl (C=O) groups is 1.